The Balaban J connectivity index is 1.73. The molecule has 1 aromatic carbocycles. The van der Waals surface area contributed by atoms with E-state index >= 15 is 0 Å². The summed E-state index contributed by atoms with van der Waals surface area (Å²) in [5.41, 5.74) is 1.84. The highest BCUT2D eigenvalue weighted by Crippen LogP contribution is 2.29. The molecule has 8 heteroatoms. The molecule has 0 atom stereocenters. The SMILES string of the molecule is Cc1cc(NC(=O)c2ccc(F)cc2Cl)sc1C(=O)N(C)Cc1cccnc1. The molecular formula is C20H17ClFN3O2S. The molecule has 0 saturated heterocycles. The zero-order chi connectivity index (χ0) is 20.3. The van der Waals surface area contributed by atoms with Gasteiger partial charge < -0.3 is 10.2 Å². The van der Waals surface area contributed by atoms with Crippen molar-refractivity contribution in [2.75, 3.05) is 12.4 Å². The van der Waals surface area contributed by atoms with Crippen LogP contribution in [-0.2, 0) is 6.54 Å². The van der Waals surface area contributed by atoms with E-state index in [1.807, 2.05) is 19.1 Å². The first kappa shape index (κ1) is 20.0. The highest BCUT2D eigenvalue weighted by Gasteiger charge is 2.20. The lowest BCUT2D eigenvalue weighted by Crippen LogP contribution is -2.26. The van der Waals surface area contributed by atoms with E-state index in [-0.39, 0.29) is 16.5 Å². The van der Waals surface area contributed by atoms with Crippen molar-refractivity contribution in [2.24, 2.45) is 0 Å². The summed E-state index contributed by atoms with van der Waals surface area (Å²) in [7, 11) is 1.71. The number of amides is 2. The molecule has 0 aliphatic carbocycles. The van der Waals surface area contributed by atoms with Gasteiger partial charge in [-0.2, -0.15) is 0 Å². The van der Waals surface area contributed by atoms with Crippen molar-refractivity contribution in [3.63, 3.8) is 0 Å². The van der Waals surface area contributed by atoms with Gasteiger partial charge in [0.25, 0.3) is 11.8 Å². The highest BCUT2D eigenvalue weighted by molar-refractivity contribution is 7.18. The van der Waals surface area contributed by atoms with Gasteiger partial charge in [0.15, 0.2) is 0 Å². The summed E-state index contributed by atoms with van der Waals surface area (Å²) in [4.78, 5) is 31.3. The van der Waals surface area contributed by atoms with Crippen LogP contribution in [0.3, 0.4) is 0 Å². The van der Waals surface area contributed by atoms with Crippen LogP contribution >= 0.6 is 22.9 Å². The molecule has 0 unspecified atom stereocenters. The summed E-state index contributed by atoms with van der Waals surface area (Å²) in [5.74, 6) is -1.13. The van der Waals surface area contributed by atoms with E-state index in [2.05, 4.69) is 10.3 Å². The standard InChI is InChI=1S/C20H17ClFN3O2S/c1-12-8-17(24-19(26)15-6-5-14(22)9-16(15)21)28-18(12)20(27)25(2)11-13-4-3-7-23-10-13/h3-10H,11H2,1-2H3,(H,24,26). The smallest absolute Gasteiger partial charge is 0.264 e. The normalized spacial score (nSPS) is 10.6. The van der Waals surface area contributed by atoms with Crippen molar-refractivity contribution in [2.45, 2.75) is 13.5 Å². The van der Waals surface area contributed by atoms with Crippen LogP contribution in [0.1, 0.15) is 31.2 Å². The van der Waals surface area contributed by atoms with Crippen molar-refractivity contribution in [3.8, 4) is 0 Å². The molecule has 1 N–H and O–H groups in total. The number of rotatable bonds is 5. The summed E-state index contributed by atoms with van der Waals surface area (Å²) >= 11 is 7.12. The van der Waals surface area contributed by atoms with Gasteiger partial charge in [-0.15, -0.1) is 11.3 Å². The number of thiophene rings is 1. The molecule has 5 nitrogen and oxygen atoms in total. The Hall–Kier alpha value is -2.77. The number of carbonyl (C=O) groups is 2. The van der Waals surface area contributed by atoms with Gasteiger partial charge in [-0.1, -0.05) is 17.7 Å². The van der Waals surface area contributed by atoms with Crippen molar-refractivity contribution in [1.29, 1.82) is 0 Å². The minimum Gasteiger partial charge on any atom is -0.337 e. The molecule has 0 fully saturated rings. The molecule has 0 bridgehead atoms. The third-order valence-electron chi connectivity index (χ3n) is 4.01. The second-order valence-electron chi connectivity index (χ2n) is 6.22. The van der Waals surface area contributed by atoms with Crippen molar-refractivity contribution in [3.05, 3.63) is 81.2 Å². The Morgan fingerprint density at radius 3 is 2.75 bits per heavy atom. The van der Waals surface area contributed by atoms with Crippen molar-refractivity contribution >= 4 is 39.8 Å². The first-order chi connectivity index (χ1) is 13.3. The Morgan fingerprint density at radius 2 is 2.07 bits per heavy atom. The Kier molecular flexibility index (Phi) is 6.06. The number of anilines is 1. The Morgan fingerprint density at radius 1 is 1.29 bits per heavy atom. The molecule has 28 heavy (non-hydrogen) atoms. The number of hydrogen-bond donors (Lipinski definition) is 1. The Labute approximate surface area is 170 Å². The summed E-state index contributed by atoms with van der Waals surface area (Å²) in [6, 6.07) is 9.02. The van der Waals surface area contributed by atoms with Crippen molar-refractivity contribution < 1.29 is 14.0 Å². The van der Waals surface area contributed by atoms with E-state index in [0.29, 0.717) is 16.4 Å². The zero-order valence-corrected chi connectivity index (χ0v) is 16.8. The van der Waals surface area contributed by atoms with E-state index in [4.69, 9.17) is 11.6 Å². The van der Waals surface area contributed by atoms with Crippen LogP contribution in [0.15, 0.2) is 48.8 Å². The molecule has 2 heterocycles. The van der Waals surface area contributed by atoms with Crippen LogP contribution in [0.25, 0.3) is 0 Å². The van der Waals surface area contributed by atoms with Gasteiger partial charge in [0.1, 0.15) is 5.82 Å². The lowest BCUT2D eigenvalue weighted by molar-refractivity contribution is 0.0789. The number of nitrogens with zero attached hydrogens (tertiary/aromatic N) is 2. The monoisotopic (exact) mass is 417 g/mol. The predicted octanol–water partition coefficient (Wildman–Crippen LogP) is 4.77. The number of pyridine rings is 1. The van der Waals surface area contributed by atoms with Gasteiger partial charge in [0.05, 0.1) is 20.5 Å². The summed E-state index contributed by atoms with van der Waals surface area (Å²) < 4.78 is 13.2. The third-order valence-corrected chi connectivity index (χ3v) is 5.47. The molecular weight excluding hydrogens is 401 g/mol. The molecule has 2 amide bonds. The highest BCUT2D eigenvalue weighted by atomic mass is 35.5. The van der Waals surface area contributed by atoms with Crippen molar-refractivity contribution in [1.82, 2.24) is 9.88 Å². The number of nitrogens with one attached hydrogen (secondary N) is 1. The average Bonchev–Trinajstić information content (AvgIpc) is 3.01. The minimum absolute atomic E-state index is 0.0262. The van der Waals surface area contributed by atoms with Gasteiger partial charge in [-0.25, -0.2) is 4.39 Å². The Bertz CT molecular complexity index is 1020. The van der Waals surface area contributed by atoms with Gasteiger partial charge in [-0.05, 0) is 48.4 Å². The molecule has 3 aromatic rings. The number of aromatic nitrogens is 1. The number of hydrogen-bond acceptors (Lipinski definition) is 4. The van der Waals surface area contributed by atoms with Crippen LogP contribution in [0.5, 0.6) is 0 Å². The summed E-state index contributed by atoms with van der Waals surface area (Å²) in [5, 5.41) is 3.26. The van der Waals surface area contributed by atoms with Gasteiger partial charge in [0.2, 0.25) is 0 Å². The molecule has 0 radical (unpaired) electrons. The second kappa shape index (κ2) is 8.50. The molecule has 0 aliphatic rings. The lowest BCUT2D eigenvalue weighted by atomic mass is 10.2. The topological polar surface area (TPSA) is 62.3 Å². The minimum atomic E-state index is -0.516. The fourth-order valence-electron chi connectivity index (χ4n) is 2.62. The predicted molar refractivity (Wildman–Crippen MR) is 108 cm³/mol. The fraction of sp³-hybridized carbons (Fsp3) is 0.150. The van der Waals surface area contributed by atoms with Gasteiger partial charge in [-0.3, -0.25) is 14.6 Å². The number of halogens is 2. The molecule has 0 saturated carbocycles. The summed E-state index contributed by atoms with van der Waals surface area (Å²) in [6.07, 6.45) is 3.39. The largest absolute Gasteiger partial charge is 0.337 e. The average molecular weight is 418 g/mol. The van der Waals surface area contributed by atoms with Gasteiger partial charge in [0, 0.05) is 26.0 Å². The molecule has 144 valence electrons. The maximum atomic E-state index is 13.2. The van der Waals surface area contributed by atoms with E-state index in [1.54, 1.807) is 30.4 Å². The van der Waals surface area contributed by atoms with E-state index in [1.165, 1.54) is 23.5 Å². The van der Waals surface area contributed by atoms with Crippen LogP contribution in [0.2, 0.25) is 5.02 Å². The zero-order valence-electron chi connectivity index (χ0n) is 15.2. The number of carbonyl (C=O) groups excluding carboxylic acids is 2. The quantitative estimate of drug-likeness (QED) is 0.650. The maximum Gasteiger partial charge on any atom is 0.264 e. The van der Waals surface area contributed by atoms with Crippen LogP contribution in [0.4, 0.5) is 9.39 Å². The van der Waals surface area contributed by atoms with Crippen LogP contribution in [-0.4, -0.2) is 28.7 Å². The second-order valence-corrected chi connectivity index (χ2v) is 7.68. The first-order valence-corrected chi connectivity index (χ1v) is 9.56. The third kappa shape index (κ3) is 4.55. The van der Waals surface area contributed by atoms with Gasteiger partial charge >= 0.3 is 0 Å². The lowest BCUT2D eigenvalue weighted by Gasteiger charge is -2.16. The maximum absolute atomic E-state index is 13.2. The first-order valence-electron chi connectivity index (χ1n) is 8.36. The molecule has 3 rings (SSSR count). The summed E-state index contributed by atoms with van der Waals surface area (Å²) in [6.45, 7) is 2.24. The van der Waals surface area contributed by atoms with Crippen LogP contribution < -0.4 is 5.32 Å². The molecule has 0 spiro atoms. The van der Waals surface area contributed by atoms with E-state index in [0.717, 1.165) is 17.2 Å². The molecule has 0 aliphatic heterocycles. The molecule has 2 aromatic heterocycles. The number of aryl methyl sites for hydroxylation is 1. The van der Waals surface area contributed by atoms with E-state index < -0.39 is 11.7 Å². The fourth-order valence-corrected chi connectivity index (χ4v) is 3.94. The van der Waals surface area contributed by atoms with Crippen LogP contribution in [0, 0.1) is 12.7 Å². The van der Waals surface area contributed by atoms with E-state index in [9.17, 15) is 14.0 Å². The number of benzene rings is 1.